The van der Waals surface area contributed by atoms with E-state index in [1.165, 1.54) is 6.92 Å². The third kappa shape index (κ3) is 6.52. The Morgan fingerprint density at radius 1 is 1.00 bits per heavy atom. The Labute approximate surface area is 210 Å². The second-order valence-corrected chi connectivity index (χ2v) is 15.5. The molecule has 1 aliphatic rings. The van der Waals surface area contributed by atoms with E-state index >= 15 is 0 Å². The summed E-state index contributed by atoms with van der Waals surface area (Å²) < 4.78 is 17.7. The highest BCUT2D eigenvalue weighted by atomic mass is 28.4. The molecule has 1 heterocycles. The van der Waals surface area contributed by atoms with Crippen LogP contribution in [0.15, 0.2) is 54.6 Å². The zero-order chi connectivity index (χ0) is 25.8. The molecule has 1 fully saturated rings. The summed E-state index contributed by atoms with van der Waals surface area (Å²) in [5, 5.41) is -0.0838. The summed E-state index contributed by atoms with van der Waals surface area (Å²) in [6.45, 7) is 12.5. The van der Waals surface area contributed by atoms with Crippen molar-refractivity contribution in [2.45, 2.75) is 83.5 Å². The molecule has 0 aromatic heterocycles. The number of aryl methyl sites for hydroxylation is 1. The minimum atomic E-state index is -2.31. The summed E-state index contributed by atoms with van der Waals surface area (Å²) in [5.41, 5.74) is 2.16. The van der Waals surface area contributed by atoms with Gasteiger partial charge in [0.05, 0.1) is 13.2 Å². The van der Waals surface area contributed by atoms with Crippen LogP contribution in [0.5, 0.6) is 5.75 Å². The molecule has 0 N–H and O–H groups in total. The molecule has 0 saturated carbocycles. The average Bonchev–Trinajstić information content (AvgIpc) is 3.02. The number of methoxy groups -OCH3 is 1. The van der Waals surface area contributed by atoms with Crippen LogP contribution in [0.25, 0.3) is 0 Å². The van der Waals surface area contributed by atoms with Gasteiger partial charge in [-0.25, -0.2) is 0 Å². The van der Waals surface area contributed by atoms with Crippen molar-refractivity contribution in [3.8, 4) is 5.75 Å². The Hall–Kier alpha value is -2.64. The number of benzene rings is 2. The largest absolute Gasteiger partial charge is 0.497 e. The van der Waals surface area contributed by atoms with Crippen LogP contribution in [0.2, 0.25) is 18.1 Å². The maximum atomic E-state index is 13.8. The summed E-state index contributed by atoms with van der Waals surface area (Å²) in [6, 6.07) is 17.6. The number of ether oxygens (including phenoxy) is 2. The molecule has 0 radical (unpaired) electrons. The molecule has 1 aliphatic heterocycles. The molecule has 3 rings (SSSR count). The topological polar surface area (TPSA) is 65.1 Å². The maximum absolute atomic E-state index is 13.8. The van der Waals surface area contributed by atoms with Crippen molar-refractivity contribution >= 4 is 20.2 Å². The molecule has 1 saturated heterocycles. The van der Waals surface area contributed by atoms with Crippen molar-refractivity contribution in [3.63, 3.8) is 0 Å². The van der Waals surface area contributed by atoms with Gasteiger partial charge in [-0.1, -0.05) is 63.2 Å². The average molecular weight is 498 g/mol. The molecule has 0 aliphatic carbocycles. The van der Waals surface area contributed by atoms with E-state index in [1.807, 2.05) is 59.5 Å². The molecule has 2 aromatic carbocycles. The molecule has 0 spiro atoms. The number of amides is 1. The Balaban J connectivity index is 1.93. The lowest BCUT2D eigenvalue weighted by atomic mass is 10.0. The van der Waals surface area contributed by atoms with Crippen LogP contribution >= 0.6 is 0 Å². The number of hydrogen-bond donors (Lipinski definition) is 0. The first kappa shape index (κ1) is 27.0. The molecule has 6 nitrogen and oxygen atoms in total. The van der Waals surface area contributed by atoms with Crippen LogP contribution in [0.4, 0.5) is 0 Å². The van der Waals surface area contributed by atoms with E-state index in [1.54, 1.807) is 7.11 Å². The number of likely N-dealkylation sites (tertiary alicyclic amines) is 1. The van der Waals surface area contributed by atoms with Gasteiger partial charge in [-0.2, -0.15) is 0 Å². The van der Waals surface area contributed by atoms with E-state index < -0.39 is 26.5 Å². The SMILES string of the molecule is COc1ccc(CC[C@@H]2[C@H](OC(C)=O)[C@@H](O[Si](C)(C)C(C)(C)C)C(=O)N2Cc2ccccc2)cc1. The molecule has 35 heavy (non-hydrogen) atoms. The van der Waals surface area contributed by atoms with Crippen molar-refractivity contribution in [1.82, 2.24) is 4.90 Å². The van der Waals surface area contributed by atoms with E-state index in [-0.39, 0.29) is 17.0 Å². The van der Waals surface area contributed by atoms with Gasteiger partial charge in [0.25, 0.3) is 5.91 Å². The molecule has 2 aromatic rings. The van der Waals surface area contributed by atoms with Crippen LogP contribution in [0, 0.1) is 0 Å². The first-order valence-corrected chi connectivity index (χ1v) is 15.2. The lowest BCUT2D eigenvalue weighted by molar-refractivity contribution is -0.152. The molecule has 3 atom stereocenters. The minimum absolute atomic E-state index is 0.0838. The Bertz CT molecular complexity index is 1000. The van der Waals surface area contributed by atoms with Gasteiger partial charge in [0.1, 0.15) is 5.75 Å². The Kier molecular flexibility index (Phi) is 8.44. The van der Waals surface area contributed by atoms with Gasteiger partial charge in [0, 0.05) is 13.5 Å². The van der Waals surface area contributed by atoms with E-state index in [0.717, 1.165) is 23.3 Å². The Morgan fingerprint density at radius 3 is 2.17 bits per heavy atom. The van der Waals surface area contributed by atoms with Crippen LogP contribution in [0.1, 0.15) is 45.2 Å². The molecule has 0 bridgehead atoms. The van der Waals surface area contributed by atoms with Gasteiger partial charge >= 0.3 is 5.97 Å². The summed E-state index contributed by atoms with van der Waals surface area (Å²) in [5.74, 6) is 0.295. The molecular formula is C28H39NO5Si. The van der Waals surface area contributed by atoms with Crippen LogP contribution in [-0.2, 0) is 31.7 Å². The highest BCUT2D eigenvalue weighted by Gasteiger charge is 2.53. The third-order valence-electron chi connectivity index (χ3n) is 7.22. The van der Waals surface area contributed by atoms with Gasteiger partial charge in [0.2, 0.25) is 0 Å². The lowest BCUT2D eigenvalue weighted by Crippen LogP contribution is -2.49. The predicted molar refractivity (Wildman–Crippen MR) is 140 cm³/mol. The summed E-state index contributed by atoms with van der Waals surface area (Å²) in [7, 11) is -0.660. The lowest BCUT2D eigenvalue weighted by Gasteiger charge is -2.38. The zero-order valence-corrected chi connectivity index (χ0v) is 23.0. The number of carbonyl (C=O) groups is 2. The normalized spacial score (nSPS) is 20.7. The van der Waals surface area contributed by atoms with E-state index in [2.05, 4.69) is 33.9 Å². The quantitative estimate of drug-likeness (QED) is 0.345. The smallest absolute Gasteiger partial charge is 0.303 e. The van der Waals surface area contributed by atoms with Gasteiger partial charge in [-0.15, -0.1) is 0 Å². The van der Waals surface area contributed by atoms with E-state index in [0.29, 0.717) is 13.0 Å². The van der Waals surface area contributed by atoms with Crippen LogP contribution in [0.3, 0.4) is 0 Å². The predicted octanol–water partition coefficient (Wildman–Crippen LogP) is 5.36. The molecule has 190 valence electrons. The molecule has 0 unspecified atom stereocenters. The highest BCUT2D eigenvalue weighted by molar-refractivity contribution is 6.74. The number of hydrogen-bond acceptors (Lipinski definition) is 5. The summed E-state index contributed by atoms with van der Waals surface area (Å²) in [4.78, 5) is 27.8. The van der Waals surface area contributed by atoms with Crippen molar-refractivity contribution in [3.05, 3.63) is 65.7 Å². The van der Waals surface area contributed by atoms with Gasteiger partial charge < -0.3 is 18.8 Å². The fourth-order valence-electron chi connectivity index (χ4n) is 4.19. The Morgan fingerprint density at radius 2 is 1.63 bits per heavy atom. The van der Waals surface area contributed by atoms with E-state index in [4.69, 9.17) is 13.9 Å². The number of carbonyl (C=O) groups excluding carboxylic acids is 2. The van der Waals surface area contributed by atoms with Crippen molar-refractivity contribution < 1.29 is 23.5 Å². The summed E-state index contributed by atoms with van der Waals surface area (Å²) >= 11 is 0. The maximum Gasteiger partial charge on any atom is 0.303 e. The van der Waals surface area contributed by atoms with Crippen molar-refractivity contribution in [2.24, 2.45) is 0 Å². The number of esters is 1. The number of rotatable bonds is 9. The fourth-order valence-corrected chi connectivity index (χ4v) is 5.42. The van der Waals surface area contributed by atoms with Gasteiger partial charge in [-0.05, 0) is 54.2 Å². The number of nitrogens with zero attached hydrogens (tertiary/aromatic N) is 1. The fraction of sp³-hybridized carbons (Fsp3) is 0.500. The van der Waals surface area contributed by atoms with Gasteiger partial charge in [0.15, 0.2) is 20.5 Å². The second-order valence-electron chi connectivity index (χ2n) is 10.8. The van der Waals surface area contributed by atoms with E-state index in [9.17, 15) is 9.59 Å². The first-order chi connectivity index (χ1) is 16.4. The molecular weight excluding hydrogens is 458 g/mol. The zero-order valence-electron chi connectivity index (χ0n) is 22.0. The third-order valence-corrected chi connectivity index (χ3v) is 11.7. The minimum Gasteiger partial charge on any atom is -0.497 e. The molecule has 7 heteroatoms. The van der Waals surface area contributed by atoms with Crippen LogP contribution in [-0.4, -0.2) is 50.5 Å². The standard InChI is InChI=1S/C28H39NO5Si/c1-20(30)33-25-24(18-15-21-13-16-23(32-5)17-14-21)29(19-22-11-9-8-10-12-22)27(31)26(25)34-35(6,7)28(2,3)4/h8-14,16-17,24-26H,15,18-19H2,1-7H3/t24-,25+,26-/m1/s1. The second kappa shape index (κ2) is 11.0. The first-order valence-electron chi connectivity index (χ1n) is 12.3. The monoisotopic (exact) mass is 497 g/mol. The van der Waals surface area contributed by atoms with Crippen LogP contribution < -0.4 is 4.74 Å². The molecule has 1 amide bonds. The highest BCUT2D eigenvalue weighted by Crippen LogP contribution is 2.40. The van der Waals surface area contributed by atoms with Crippen molar-refractivity contribution in [2.75, 3.05) is 7.11 Å². The van der Waals surface area contributed by atoms with Crippen molar-refractivity contribution in [1.29, 1.82) is 0 Å². The van der Waals surface area contributed by atoms with Gasteiger partial charge in [-0.3, -0.25) is 9.59 Å². The summed E-state index contributed by atoms with van der Waals surface area (Å²) in [6.07, 6.45) is -0.0710.